The van der Waals surface area contributed by atoms with Gasteiger partial charge in [-0.3, -0.25) is 4.55 Å². The third-order valence-electron chi connectivity index (χ3n) is 1.14. The molecule has 1 heterocycles. The monoisotopic (exact) mass is 237 g/mol. The van der Waals surface area contributed by atoms with Gasteiger partial charge < -0.3 is 10.1 Å². The van der Waals surface area contributed by atoms with Crippen LogP contribution in [0.2, 0.25) is 0 Å². The quantitative estimate of drug-likeness (QED) is 0.458. The molecule has 14 heavy (non-hydrogen) atoms. The van der Waals surface area contributed by atoms with E-state index in [0.717, 1.165) is 26.3 Å². The van der Waals surface area contributed by atoms with Crippen LogP contribution in [0, 0.1) is 0 Å². The lowest BCUT2D eigenvalue weighted by Gasteiger charge is -2.10. The zero-order valence-electron chi connectivity index (χ0n) is 7.04. The molecule has 0 bridgehead atoms. The lowest BCUT2D eigenvalue weighted by atomic mass is 10.5. The number of alkyl halides is 3. The maximum atomic E-state index is 10.7. The summed E-state index contributed by atoms with van der Waals surface area (Å²) >= 11 is 0. The Kier molecular flexibility index (Phi) is 5.34. The molecule has 1 fully saturated rings. The second kappa shape index (κ2) is 5.49. The van der Waals surface area contributed by atoms with Crippen molar-refractivity contribution in [2.24, 2.45) is 0 Å². The van der Waals surface area contributed by atoms with Crippen LogP contribution in [0.5, 0.6) is 0 Å². The topological polar surface area (TPSA) is 75.6 Å². The van der Waals surface area contributed by atoms with Crippen molar-refractivity contribution in [3.63, 3.8) is 0 Å². The van der Waals surface area contributed by atoms with E-state index in [-0.39, 0.29) is 0 Å². The number of halogens is 3. The van der Waals surface area contributed by atoms with Crippen molar-refractivity contribution in [2.75, 3.05) is 26.3 Å². The maximum Gasteiger partial charge on any atom is 0.522 e. The van der Waals surface area contributed by atoms with Crippen LogP contribution in [-0.2, 0) is 14.9 Å². The summed E-state index contributed by atoms with van der Waals surface area (Å²) in [6.45, 7) is 3.83. The fourth-order valence-electron chi connectivity index (χ4n) is 0.516. The van der Waals surface area contributed by atoms with Crippen LogP contribution in [0.3, 0.4) is 0 Å². The molecule has 1 aliphatic heterocycles. The molecule has 0 spiro atoms. The Morgan fingerprint density at radius 3 is 1.64 bits per heavy atom. The van der Waals surface area contributed by atoms with E-state index in [2.05, 4.69) is 5.32 Å². The van der Waals surface area contributed by atoms with Gasteiger partial charge in [0.15, 0.2) is 0 Å². The lowest BCUT2D eigenvalue weighted by Crippen LogP contribution is -2.30. The van der Waals surface area contributed by atoms with Gasteiger partial charge in [-0.1, -0.05) is 0 Å². The van der Waals surface area contributed by atoms with E-state index >= 15 is 0 Å². The first-order chi connectivity index (χ1) is 6.25. The van der Waals surface area contributed by atoms with Gasteiger partial charge in [-0.25, -0.2) is 0 Å². The zero-order valence-corrected chi connectivity index (χ0v) is 7.86. The number of hydrogen-bond acceptors (Lipinski definition) is 4. The molecule has 1 rings (SSSR count). The highest BCUT2D eigenvalue weighted by molar-refractivity contribution is 7.86. The predicted molar refractivity (Wildman–Crippen MR) is 41.3 cm³/mol. The first-order valence-corrected chi connectivity index (χ1v) is 5.01. The van der Waals surface area contributed by atoms with Crippen molar-refractivity contribution in [1.82, 2.24) is 5.32 Å². The molecule has 5 nitrogen and oxygen atoms in total. The summed E-state index contributed by atoms with van der Waals surface area (Å²) in [7, 11) is -5.84. The Balaban J connectivity index is 0.000000249. The highest BCUT2D eigenvalue weighted by Gasteiger charge is 2.44. The zero-order chi connectivity index (χ0) is 11.2. The molecule has 2 N–H and O–H groups in total. The maximum absolute atomic E-state index is 10.7. The molecule has 86 valence electrons. The van der Waals surface area contributed by atoms with Crippen molar-refractivity contribution in [1.29, 1.82) is 0 Å². The molecular weight excluding hydrogens is 227 g/mol. The van der Waals surface area contributed by atoms with Gasteiger partial charge in [-0.05, 0) is 0 Å². The Hall–Kier alpha value is -0.380. The lowest BCUT2D eigenvalue weighted by molar-refractivity contribution is -0.0510. The standard InChI is InChI=1S/C4H9NO.CHF3O3S/c1-3-6-4-2-5-1;2-1(3,4)8(5,6)7/h5H,1-4H2;(H,5,6,7). The minimum Gasteiger partial charge on any atom is -0.379 e. The van der Waals surface area contributed by atoms with Gasteiger partial charge in [0.1, 0.15) is 0 Å². The Labute approximate surface area is 79.0 Å². The summed E-state index contributed by atoms with van der Waals surface area (Å²) in [5.41, 5.74) is -5.53. The van der Waals surface area contributed by atoms with E-state index in [1.165, 1.54) is 0 Å². The Morgan fingerprint density at radius 2 is 1.57 bits per heavy atom. The molecule has 0 aromatic carbocycles. The fourth-order valence-corrected chi connectivity index (χ4v) is 0.516. The summed E-state index contributed by atoms with van der Waals surface area (Å²) in [6.07, 6.45) is 0. The number of ether oxygens (including phenoxy) is 1. The SMILES string of the molecule is C1COCCN1.O=S(=O)(O)C(F)(F)F. The van der Waals surface area contributed by atoms with Crippen LogP contribution in [0.1, 0.15) is 0 Å². The second-order valence-electron chi connectivity index (χ2n) is 2.28. The first kappa shape index (κ1) is 13.6. The van der Waals surface area contributed by atoms with Gasteiger partial charge in [0.25, 0.3) is 0 Å². The second-order valence-corrected chi connectivity index (χ2v) is 3.70. The number of nitrogens with one attached hydrogen (secondary N) is 1. The largest absolute Gasteiger partial charge is 0.522 e. The molecule has 0 aromatic heterocycles. The molecule has 0 amide bonds. The number of rotatable bonds is 0. The summed E-state index contributed by atoms with van der Waals surface area (Å²) in [6, 6.07) is 0. The van der Waals surface area contributed by atoms with Crippen molar-refractivity contribution < 1.29 is 30.9 Å². The Bertz CT molecular complexity index is 235. The third-order valence-corrected chi connectivity index (χ3v) is 1.72. The summed E-state index contributed by atoms with van der Waals surface area (Å²) in [5.74, 6) is 0. The van der Waals surface area contributed by atoms with Crippen LogP contribution >= 0.6 is 0 Å². The van der Waals surface area contributed by atoms with Crippen LogP contribution in [-0.4, -0.2) is 44.8 Å². The average Bonchev–Trinajstić information content (AvgIpc) is 2.05. The van der Waals surface area contributed by atoms with E-state index < -0.39 is 15.6 Å². The van der Waals surface area contributed by atoms with Gasteiger partial charge >= 0.3 is 15.6 Å². The van der Waals surface area contributed by atoms with Gasteiger partial charge in [-0.15, -0.1) is 0 Å². The van der Waals surface area contributed by atoms with Crippen molar-refractivity contribution >= 4 is 10.1 Å². The summed E-state index contributed by atoms with van der Waals surface area (Å²) in [5, 5.41) is 3.16. The van der Waals surface area contributed by atoms with Gasteiger partial charge in [0.05, 0.1) is 13.2 Å². The van der Waals surface area contributed by atoms with Crippen LogP contribution in [0.25, 0.3) is 0 Å². The molecule has 0 unspecified atom stereocenters. The van der Waals surface area contributed by atoms with Crippen LogP contribution in [0.4, 0.5) is 13.2 Å². The van der Waals surface area contributed by atoms with Gasteiger partial charge in [0, 0.05) is 13.1 Å². The van der Waals surface area contributed by atoms with Crippen LogP contribution in [0.15, 0.2) is 0 Å². The van der Waals surface area contributed by atoms with Crippen LogP contribution < -0.4 is 5.32 Å². The highest BCUT2D eigenvalue weighted by Crippen LogP contribution is 2.20. The van der Waals surface area contributed by atoms with E-state index in [1.807, 2.05) is 0 Å². The number of morpholine rings is 1. The molecule has 9 heteroatoms. The van der Waals surface area contributed by atoms with E-state index in [9.17, 15) is 13.2 Å². The molecule has 0 radical (unpaired) electrons. The average molecular weight is 237 g/mol. The summed E-state index contributed by atoms with van der Waals surface area (Å²) in [4.78, 5) is 0. The van der Waals surface area contributed by atoms with E-state index in [1.54, 1.807) is 0 Å². The first-order valence-electron chi connectivity index (χ1n) is 3.57. The molecule has 1 saturated heterocycles. The van der Waals surface area contributed by atoms with Crippen molar-refractivity contribution in [2.45, 2.75) is 5.51 Å². The van der Waals surface area contributed by atoms with Gasteiger partial charge in [0.2, 0.25) is 0 Å². The van der Waals surface area contributed by atoms with Crippen molar-refractivity contribution in [3.8, 4) is 0 Å². The molecule has 0 atom stereocenters. The Morgan fingerprint density at radius 1 is 1.21 bits per heavy atom. The molecule has 0 aliphatic carbocycles. The third kappa shape index (κ3) is 6.13. The molecular formula is C5H10F3NO4S. The van der Waals surface area contributed by atoms with E-state index in [0.29, 0.717) is 0 Å². The van der Waals surface area contributed by atoms with Crippen molar-refractivity contribution in [3.05, 3.63) is 0 Å². The molecule has 0 aromatic rings. The van der Waals surface area contributed by atoms with E-state index in [4.69, 9.17) is 17.7 Å². The minimum atomic E-state index is -5.84. The normalized spacial score (nSPS) is 18.3. The molecule has 0 saturated carbocycles. The summed E-state index contributed by atoms with van der Waals surface area (Å²) < 4.78 is 62.5. The number of hydrogen-bond donors (Lipinski definition) is 2. The smallest absolute Gasteiger partial charge is 0.379 e. The minimum absolute atomic E-state index is 0.889. The predicted octanol–water partition coefficient (Wildman–Crippen LogP) is 0.000200. The van der Waals surface area contributed by atoms with Gasteiger partial charge in [-0.2, -0.15) is 21.6 Å². The fraction of sp³-hybridized carbons (Fsp3) is 1.00. The highest BCUT2D eigenvalue weighted by atomic mass is 32.2. The molecule has 1 aliphatic rings.